The minimum atomic E-state index is -2.73. The number of sulfone groups is 1. The summed E-state index contributed by atoms with van der Waals surface area (Å²) in [6, 6.07) is 0. The Kier molecular flexibility index (Phi) is 2.31. The molecule has 1 atom stereocenters. The zero-order valence-corrected chi connectivity index (χ0v) is 6.95. The van der Waals surface area contributed by atoms with Crippen molar-refractivity contribution >= 4 is 9.84 Å². The van der Waals surface area contributed by atoms with Crippen LogP contribution in [-0.4, -0.2) is 33.0 Å². The third-order valence-corrected chi connectivity index (χ3v) is 3.52. The Morgan fingerprint density at radius 1 is 1.50 bits per heavy atom. The number of nitrogens with one attached hydrogen (secondary N) is 1. The van der Waals surface area contributed by atoms with Crippen LogP contribution in [0.2, 0.25) is 0 Å². The molecule has 0 spiro atoms. The summed E-state index contributed by atoms with van der Waals surface area (Å²) < 4.78 is 22.1. The first-order valence-corrected chi connectivity index (χ1v) is 5.33. The van der Waals surface area contributed by atoms with Crippen molar-refractivity contribution in [3.05, 3.63) is 0 Å². The van der Waals surface area contributed by atoms with Crippen LogP contribution in [0.5, 0.6) is 0 Å². The molecule has 0 aromatic heterocycles. The van der Waals surface area contributed by atoms with Gasteiger partial charge in [0.1, 0.15) is 0 Å². The van der Waals surface area contributed by atoms with E-state index in [2.05, 4.69) is 5.32 Å². The van der Waals surface area contributed by atoms with E-state index in [0.29, 0.717) is 18.1 Å². The van der Waals surface area contributed by atoms with Crippen molar-refractivity contribution in [1.82, 2.24) is 5.32 Å². The van der Waals surface area contributed by atoms with Crippen LogP contribution in [0.25, 0.3) is 0 Å². The van der Waals surface area contributed by atoms with Crippen LogP contribution in [-0.2, 0) is 9.84 Å². The van der Waals surface area contributed by atoms with Gasteiger partial charge in [-0.2, -0.15) is 0 Å². The van der Waals surface area contributed by atoms with Gasteiger partial charge in [-0.3, -0.25) is 0 Å². The third kappa shape index (κ3) is 2.27. The Morgan fingerprint density at radius 3 is 2.90 bits per heavy atom. The lowest BCUT2D eigenvalue weighted by Gasteiger charge is -2.04. The maximum Gasteiger partial charge on any atom is 0.151 e. The summed E-state index contributed by atoms with van der Waals surface area (Å²) in [7, 11) is -2.73. The van der Waals surface area contributed by atoms with E-state index in [1.54, 1.807) is 0 Å². The van der Waals surface area contributed by atoms with Crippen LogP contribution in [0.3, 0.4) is 0 Å². The van der Waals surface area contributed by atoms with Gasteiger partial charge in [-0.25, -0.2) is 8.42 Å². The predicted octanol–water partition coefficient (Wildman–Crippen LogP) is -0.359. The SMILES string of the molecule is CC1CNCCS(=O)(=O)C1. The molecule has 1 aliphatic rings. The first-order valence-electron chi connectivity index (χ1n) is 3.51. The van der Waals surface area contributed by atoms with Gasteiger partial charge in [0.05, 0.1) is 11.5 Å². The molecule has 1 fully saturated rings. The van der Waals surface area contributed by atoms with Crippen molar-refractivity contribution in [3.63, 3.8) is 0 Å². The first kappa shape index (κ1) is 8.01. The van der Waals surface area contributed by atoms with E-state index >= 15 is 0 Å². The van der Waals surface area contributed by atoms with Crippen molar-refractivity contribution in [2.75, 3.05) is 24.6 Å². The highest BCUT2D eigenvalue weighted by molar-refractivity contribution is 7.91. The molecule has 0 aromatic rings. The van der Waals surface area contributed by atoms with E-state index in [0.717, 1.165) is 6.54 Å². The molecule has 10 heavy (non-hydrogen) atoms. The van der Waals surface area contributed by atoms with Gasteiger partial charge in [-0.05, 0) is 12.5 Å². The molecule has 1 heterocycles. The first-order chi connectivity index (χ1) is 4.60. The Bertz CT molecular complexity index is 198. The summed E-state index contributed by atoms with van der Waals surface area (Å²) in [4.78, 5) is 0. The molecule has 60 valence electrons. The highest BCUT2D eigenvalue weighted by Gasteiger charge is 2.18. The maximum atomic E-state index is 11.0. The molecular formula is C6H13NO2S. The largest absolute Gasteiger partial charge is 0.315 e. The lowest BCUT2D eigenvalue weighted by atomic mass is 10.2. The summed E-state index contributed by atoms with van der Waals surface area (Å²) in [5, 5.41) is 3.07. The van der Waals surface area contributed by atoms with E-state index in [-0.39, 0.29) is 5.92 Å². The summed E-state index contributed by atoms with van der Waals surface area (Å²) in [5.74, 6) is 0.921. The Balaban J connectivity index is 2.64. The van der Waals surface area contributed by atoms with Crippen LogP contribution in [0.4, 0.5) is 0 Å². The molecule has 1 rings (SSSR count). The highest BCUT2D eigenvalue weighted by atomic mass is 32.2. The number of hydrogen-bond acceptors (Lipinski definition) is 3. The molecule has 1 N–H and O–H groups in total. The van der Waals surface area contributed by atoms with E-state index in [1.165, 1.54) is 0 Å². The van der Waals surface area contributed by atoms with E-state index in [4.69, 9.17) is 0 Å². The standard InChI is InChI=1S/C6H13NO2S/c1-6-4-7-2-3-10(8,9)5-6/h6-7H,2-5H2,1H3. The predicted molar refractivity (Wildman–Crippen MR) is 40.7 cm³/mol. The summed E-state index contributed by atoms with van der Waals surface area (Å²) in [6.07, 6.45) is 0. The summed E-state index contributed by atoms with van der Waals surface area (Å²) in [5.41, 5.74) is 0. The van der Waals surface area contributed by atoms with Gasteiger partial charge in [-0.15, -0.1) is 0 Å². The Labute approximate surface area is 61.7 Å². The lowest BCUT2D eigenvalue weighted by Crippen LogP contribution is -2.20. The lowest BCUT2D eigenvalue weighted by molar-refractivity contribution is 0.568. The fourth-order valence-electron chi connectivity index (χ4n) is 1.15. The Hall–Kier alpha value is -0.0900. The highest BCUT2D eigenvalue weighted by Crippen LogP contribution is 2.03. The third-order valence-electron chi connectivity index (χ3n) is 1.62. The van der Waals surface area contributed by atoms with Crippen molar-refractivity contribution in [3.8, 4) is 0 Å². The second-order valence-corrected chi connectivity index (χ2v) is 5.15. The quantitative estimate of drug-likeness (QED) is 0.530. The number of rotatable bonds is 0. The van der Waals surface area contributed by atoms with Crippen molar-refractivity contribution in [1.29, 1.82) is 0 Å². The molecule has 0 saturated carbocycles. The van der Waals surface area contributed by atoms with E-state index < -0.39 is 9.84 Å². The average molecular weight is 163 g/mol. The molecule has 3 nitrogen and oxygen atoms in total. The van der Waals surface area contributed by atoms with Gasteiger partial charge in [-0.1, -0.05) is 6.92 Å². The molecule has 0 aliphatic carbocycles. The second kappa shape index (κ2) is 2.88. The molecular weight excluding hydrogens is 150 g/mol. The minimum Gasteiger partial charge on any atom is -0.315 e. The van der Waals surface area contributed by atoms with E-state index in [9.17, 15) is 8.42 Å². The Morgan fingerprint density at radius 2 is 2.20 bits per heavy atom. The zero-order valence-electron chi connectivity index (χ0n) is 6.13. The molecule has 1 unspecified atom stereocenters. The van der Waals surface area contributed by atoms with E-state index in [1.807, 2.05) is 6.92 Å². The minimum absolute atomic E-state index is 0.271. The van der Waals surface area contributed by atoms with Crippen LogP contribution in [0.15, 0.2) is 0 Å². The van der Waals surface area contributed by atoms with Gasteiger partial charge in [0.15, 0.2) is 9.84 Å². The topological polar surface area (TPSA) is 46.2 Å². The monoisotopic (exact) mass is 163 g/mol. The van der Waals surface area contributed by atoms with Gasteiger partial charge in [0, 0.05) is 6.54 Å². The van der Waals surface area contributed by atoms with Crippen LogP contribution in [0.1, 0.15) is 6.92 Å². The average Bonchev–Trinajstić information content (AvgIpc) is 1.90. The maximum absolute atomic E-state index is 11.0. The van der Waals surface area contributed by atoms with Crippen molar-refractivity contribution < 1.29 is 8.42 Å². The van der Waals surface area contributed by atoms with Crippen LogP contribution >= 0.6 is 0 Å². The van der Waals surface area contributed by atoms with Gasteiger partial charge in [0.25, 0.3) is 0 Å². The van der Waals surface area contributed by atoms with Crippen LogP contribution < -0.4 is 5.32 Å². The molecule has 0 bridgehead atoms. The molecule has 0 amide bonds. The van der Waals surface area contributed by atoms with Gasteiger partial charge < -0.3 is 5.32 Å². The van der Waals surface area contributed by atoms with Gasteiger partial charge in [0.2, 0.25) is 0 Å². The fraction of sp³-hybridized carbons (Fsp3) is 1.00. The molecule has 4 heteroatoms. The fourth-order valence-corrected chi connectivity index (χ4v) is 2.76. The molecule has 1 aliphatic heterocycles. The van der Waals surface area contributed by atoms with Crippen molar-refractivity contribution in [2.24, 2.45) is 5.92 Å². The van der Waals surface area contributed by atoms with Gasteiger partial charge >= 0.3 is 0 Å². The van der Waals surface area contributed by atoms with Crippen LogP contribution in [0, 0.1) is 5.92 Å². The summed E-state index contributed by atoms with van der Waals surface area (Å²) >= 11 is 0. The number of hydrogen-bond donors (Lipinski definition) is 1. The molecule has 0 aromatic carbocycles. The molecule has 1 saturated heterocycles. The van der Waals surface area contributed by atoms with Crippen molar-refractivity contribution in [2.45, 2.75) is 6.92 Å². The normalized spacial score (nSPS) is 33.1. The summed E-state index contributed by atoms with van der Waals surface area (Å²) in [6.45, 7) is 3.40. The zero-order chi connectivity index (χ0) is 7.61. The smallest absolute Gasteiger partial charge is 0.151 e. The second-order valence-electron chi connectivity index (χ2n) is 2.92. The molecule has 0 radical (unpaired) electrons.